The second kappa shape index (κ2) is 9.22. The van der Waals surface area contributed by atoms with Gasteiger partial charge < -0.3 is 35.0 Å². The summed E-state index contributed by atoms with van der Waals surface area (Å²) >= 11 is 0. The standard InChI is InChI=1S/C5H10O5.H3O3P/c6-1-3(8)5(10)4(9)2-7;1-4(2)3/h1,3-5,7-10H,2H2;4H,(H2,1,2,3). The van der Waals surface area contributed by atoms with Crippen molar-refractivity contribution >= 4 is 14.5 Å². The predicted octanol–water partition coefficient (Wildman–Crippen LogP) is -3.38. The van der Waals surface area contributed by atoms with Crippen molar-refractivity contribution in [2.24, 2.45) is 0 Å². The average molecular weight is 232 g/mol. The van der Waals surface area contributed by atoms with Crippen molar-refractivity contribution in [1.82, 2.24) is 0 Å². The molecule has 0 rings (SSSR count). The van der Waals surface area contributed by atoms with E-state index in [0.29, 0.717) is 0 Å². The molecule has 0 saturated carbocycles. The van der Waals surface area contributed by atoms with Crippen molar-refractivity contribution in [3.63, 3.8) is 0 Å². The summed E-state index contributed by atoms with van der Waals surface area (Å²) in [7, 11) is -3.13. The molecule has 3 atom stereocenters. The molecule has 86 valence electrons. The van der Waals surface area contributed by atoms with Gasteiger partial charge in [-0.25, -0.2) is 0 Å². The molecule has 0 bridgehead atoms. The van der Waals surface area contributed by atoms with Crippen molar-refractivity contribution in [1.29, 1.82) is 0 Å². The van der Waals surface area contributed by atoms with Gasteiger partial charge in [-0.15, -0.1) is 0 Å². The van der Waals surface area contributed by atoms with Gasteiger partial charge in [0.05, 0.1) is 6.61 Å². The molecular weight excluding hydrogens is 219 g/mol. The maximum Gasteiger partial charge on any atom is 0.314 e. The summed E-state index contributed by atoms with van der Waals surface area (Å²) in [5, 5.41) is 34.1. The number of aliphatic hydroxyl groups is 4. The largest absolute Gasteiger partial charge is 0.394 e. The molecule has 0 aliphatic heterocycles. The van der Waals surface area contributed by atoms with Crippen LogP contribution in [0.15, 0.2) is 0 Å². The van der Waals surface area contributed by atoms with Crippen LogP contribution in [0, 0.1) is 0 Å². The van der Waals surface area contributed by atoms with Crippen LogP contribution in [0.5, 0.6) is 0 Å². The van der Waals surface area contributed by atoms with E-state index in [1.165, 1.54) is 0 Å². The second-order valence-electron chi connectivity index (χ2n) is 2.15. The zero-order valence-electron chi connectivity index (χ0n) is 7.02. The molecule has 0 amide bonds. The summed E-state index contributed by atoms with van der Waals surface area (Å²) in [5.41, 5.74) is 0. The first-order valence-electron chi connectivity index (χ1n) is 3.39. The van der Waals surface area contributed by atoms with E-state index in [-0.39, 0.29) is 6.29 Å². The van der Waals surface area contributed by atoms with Crippen LogP contribution in [0.4, 0.5) is 0 Å². The van der Waals surface area contributed by atoms with Crippen LogP contribution in [0.25, 0.3) is 0 Å². The van der Waals surface area contributed by atoms with Crippen molar-refractivity contribution < 1.29 is 39.6 Å². The molecule has 0 aromatic carbocycles. The highest BCUT2D eigenvalue weighted by Crippen LogP contribution is 1.98. The SMILES string of the molecule is O=CC(O)C(O)C(O)CO.O=[PH](O)O. The molecule has 0 aliphatic rings. The number of hydrogen-bond acceptors (Lipinski definition) is 6. The Morgan fingerprint density at radius 2 is 1.57 bits per heavy atom. The fourth-order valence-electron chi connectivity index (χ4n) is 0.416. The molecule has 0 fully saturated rings. The summed E-state index contributed by atoms with van der Waals surface area (Å²) in [6.45, 7) is -0.688. The highest BCUT2D eigenvalue weighted by Gasteiger charge is 2.22. The topological polar surface area (TPSA) is 156 Å². The Hall–Kier alpha value is -0.340. The predicted molar refractivity (Wildman–Crippen MR) is 44.6 cm³/mol. The lowest BCUT2D eigenvalue weighted by Gasteiger charge is -2.16. The van der Waals surface area contributed by atoms with Gasteiger partial charge in [0.25, 0.3) is 0 Å². The van der Waals surface area contributed by atoms with Gasteiger partial charge in [0.1, 0.15) is 18.3 Å². The van der Waals surface area contributed by atoms with Crippen LogP contribution >= 0.6 is 8.25 Å². The lowest BCUT2D eigenvalue weighted by Crippen LogP contribution is -2.40. The average Bonchev–Trinajstić information content (AvgIpc) is 2.13. The zero-order chi connectivity index (χ0) is 11.7. The van der Waals surface area contributed by atoms with E-state index in [1.54, 1.807) is 0 Å². The van der Waals surface area contributed by atoms with Crippen LogP contribution in [0.2, 0.25) is 0 Å². The molecule has 0 aliphatic carbocycles. The van der Waals surface area contributed by atoms with Gasteiger partial charge >= 0.3 is 8.25 Å². The summed E-state index contributed by atoms with van der Waals surface area (Å²) < 4.78 is 8.74. The van der Waals surface area contributed by atoms with E-state index >= 15 is 0 Å². The van der Waals surface area contributed by atoms with E-state index in [1.807, 2.05) is 0 Å². The lowest BCUT2D eigenvalue weighted by molar-refractivity contribution is -0.127. The summed E-state index contributed by atoms with van der Waals surface area (Å²) in [5.74, 6) is 0. The first-order valence-corrected chi connectivity index (χ1v) is 4.69. The minimum absolute atomic E-state index is 0.0869. The minimum atomic E-state index is -3.13. The van der Waals surface area contributed by atoms with Crippen LogP contribution in [0.3, 0.4) is 0 Å². The maximum atomic E-state index is 9.76. The number of aliphatic hydroxyl groups excluding tert-OH is 4. The smallest absolute Gasteiger partial charge is 0.314 e. The number of carbonyl (C=O) groups is 1. The second-order valence-corrected chi connectivity index (χ2v) is 2.71. The molecule has 0 heterocycles. The van der Waals surface area contributed by atoms with Gasteiger partial charge in [0.15, 0.2) is 6.29 Å². The van der Waals surface area contributed by atoms with E-state index in [4.69, 9.17) is 34.8 Å². The Kier molecular flexibility index (Phi) is 10.6. The number of hydrogen-bond donors (Lipinski definition) is 6. The third-order valence-corrected chi connectivity index (χ3v) is 1.07. The Morgan fingerprint density at radius 3 is 1.79 bits per heavy atom. The van der Waals surface area contributed by atoms with Gasteiger partial charge in [0.2, 0.25) is 0 Å². The van der Waals surface area contributed by atoms with E-state index in [9.17, 15) is 4.79 Å². The van der Waals surface area contributed by atoms with E-state index in [2.05, 4.69) is 0 Å². The number of rotatable bonds is 4. The maximum absolute atomic E-state index is 9.76. The van der Waals surface area contributed by atoms with Crippen molar-refractivity contribution in [2.45, 2.75) is 18.3 Å². The van der Waals surface area contributed by atoms with Crippen LogP contribution in [0.1, 0.15) is 0 Å². The normalized spacial score (nSPS) is 16.5. The highest BCUT2D eigenvalue weighted by molar-refractivity contribution is 7.30. The molecular formula is C5H13O8P. The molecule has 14 heavy (non-hydrogen) atoms. The molecule has 6 N–H and O–H groups in total. The fraction of sp³-hybridized carbons (Fsp3) is 0.800. The Balaban J connectivity index is 0. The molecule has 0 radical (unpaired) electrons. The number of aldehydes is 1. The Labute approximate surface area is 80.0 Å². The Bertz CT molecular complexity index is 169. The summed E-state index contributed by atoms with van der Waals surface area (Å²) in [4.78, 5) is 24.1. The van der Waals surface area contributed by atoms with Gasteiger partial charge in [-0.1, -0.05) is 0 Å². The van der Waals surface area contributed by atoms with Gasteiger partial charge in [-0.05, 0) is 0 Å². The highest BCUT2D eigenvalue weighted by atomic mass is 31.1. The molecule has 0 aromatic heterocycles. The molecule has 9 heteroatoms. The van der Waals surface area contributed by atoms with E-state index < -0.39 is 33.2 Å². The fourth-order valence-corrected chi connectivity index (χ4v) is 0.416. The zero-order valence-corrected chi connectivity index (χ0v) is 8.02. The van der Waals surface area contributed by atoms with Gasteiger partial charge in [0, 0.05) is 0 Å². The monoisotopic (exact) mass is 232 g/mol. The summed E-state index contributed by atoms with van der Waals surface area (Å²) in [6.07, 6.45) is -4.63. The minimum Gasteiger partial charge on any atom is -0.394 e. The molecule has 0 aromatic rings. The third-order valence-electron chi connectivity index (χ3n) is 1.07. The quantitative estimate of drug-likeness (QED) is 0.216. The van der Waals surface area contributed by atoms with Gasteiger partial charge in [-0.2, -0.15) is 0 Å². The van der Waals surface area contributed by atoms with Crippen molar-refractivity contribution in [3.8, 4) is 0 Å². The molecule has 0 saturated heterocycles. The van der Waals surface area contributed by atoms with Crippen molar-refractivity contribution in [2.75, 3.05) is 6.61 Å². The van der Waals surface area contributed by atoms with Crippen LogP contribution < -0.4 is 0 Å². The van der Waals surface area contributed by atoms with Gasteiger partial charge in [-0.3, -0.25) is 4.57 Å². The lowest BCUT2D eigenvalue weighted by atomic mass is 10.1. The first kappa shape index (κ1) is 16.1. The molecule has 3 unspecified atom stereocenters. The van der Waals surface area contributed by atoms with Crippen LogP contribution in [-0.4, -0.2) is 61.4 Å². The Morgan fingerprint density at radius 1 is 1.21 bits per heavy atom. The van der Waals surface area contributed by atoms with Crippen molar-refractivity contribution in [3.05, 3.63) is 0 Å². The third kappa shape index (κ3) is 9.75. The molecule has 8 nitrogen and oxygen atoms in total. The van der Waals surface area contributed by atoms with E-state index in [0.717, 1.165) is 0 Å². The first-order chi connectivity index (χ1) is 6.36. The molecule has 0 spiro atoms. The number of carbonyl (C=O) groups excluding carboxylic acids is 1. The summed E-state index contributed by atoms with van der Waals surface area (Å²) in [6, 6.07) is 0. The van der Waals surface area contributed by atoms with Crippen LogP contribution in [-0.2, 0) is 9.36 Å².